The van der Waals surface area contributed by atoms with Gasteiger partial charge in [0, 0.05) is 6.54 Å². The van der Waals surface area contributed by atoms with Crippen LogP contribution in [0.1, 0.15) is 18.4 Å². The van der Waals surface area contributed by atoms with Gasteiger partial charge in [0.1, 0.15) is 11.5 Å². The van der Waals surface area contributed by atoms with Crippen molar-refractivity contribution < 1.29 is 14.3 Å². The third-order valence-corrected chi connectivity index (χ3v) is 3.49. The van der Waals surface area contributed by atoms with Crippen molar-refractivity contribution >= 4 is 5.91 Å². The second-order valence-corrected chi connectivity index (χ2v) is 5.26. The average Bonchev–Trinajstić information content (AvgIpc) is 2.61. The molecule has 0 atom stereocenters. The number of nitrogens with one attached hydrogen (secondary N) is 1. The maximum absolute atomic E-state index is 11.7. The molecule has 4 heteroatoms. The van der Waals surface area contributed by atoms with Crippen molar-refractivity contribution in [3.63, 3.8) is 0 Å². The topological polar surface area (TPSA) is 47.6 Å². The molecule has 2 aromatic carbocycles. The Balaban J connectivity index is 1.55. The fourth-order valence-corrected chi connectivity index (χ4v) is 2.19. The van der Waals surface area contributed by atoms with E-state index in [-0.39, 0.29) is 12.5 Å². The SMILES string of the molecule is COc1ccc(CCCCNC(=O)COc2ccccc2)cc1. The maximum atomic E-state index is 11.7. The normalized spacial score (nSPS) is 10.1. The zero-order valence-corrected chi connectivity index (χ0v) is 13.5. The Morgan fingerprint density at radius 3 is 2.39 bits per heavy atom. The van der Waals surface area contributed by atoms with Crippen molar-refractivity contribution in [2.75, 3.05) is 20.3 Å². The lowest BCUT2D eigenvalue weighted by molar-refractivity contribution is -0.123. The first-order chi connectivity index (χ1) is 11.3. The Morgan fingerprint density at radius 1 is 0.957 bits per heavy atom. The Morgan fingerprint density at radius 2 is 1.70 bits per heavy atom. The fourth-order valence-electron chi connectivity index (χ4n) is 2.19. The predicted octanol–water partition coefficient (Wildman–Crippen LogP) is 3.21. The quantitative estimate of drug-likeness (QED) is 0.723. The second kappa shape index (κ2) is 9.51. The molecule has 23 heavy (non-hydrogen) atoms. The van der Waals surface area contributed by atoms with E-state index in [2.05, 4.69) is 17.4 Å². The summed E-state index contributed by atoms with van der Waals surface area (Å²) < 4.78 is 10.5. The van der Waals surface area contributed by atoms with Crippen LogP contribution in [0.2, 0.25) is 0 Å². The van der Waals surface area contributed by atoms with E-state index in [0.717, 1.165) is 25.0 Å². The number of hydrogen-bond donors (Lipinski definition) is 1. The maximum Gasteiger partial charge on any atom is 0.257 e. The van der Waals surface area contributed by atoms with Crippen LogP contribution in [0.25, 0.3) is 0 Å². The van der Waals surface area contributed by atoms with Gasteiger partial charge in [-0.1, -0.05) is 30.3 Å². The van der Waals surface area contributed by atoms with E-state index in [9.17, 15) is 4.79 Å². The van der Waals surface area contributed by atoms with Gasteiger partial charge in [-0.25, -0.2) is 0 Å². The van der Waals surface area contributed by atoms with Crippen molar-refractivity contribution in [3.05, 3.63) is 60.2 Å². The van der Waals surface area contributed by atoms with Gasteiger partial charge in [-0.15, -0.1) is 0 Å². The predicted molar refractivity (Wildman–Crippen MR) is 90.9 cm³/mol. The standard InChI is InChI=1S/C19H23NO3/c1-22-17-12-10-16(11-13-17)7-5-6-14-20-19(21)15-23-18-8-3-2-4-9-18/h2-4,8-13H,5-7,14-15H2,1H3,(H,20,21). The molecule has 0 bridgehead atoms. The lowest BCUT2D eigenvalue weighted by atomic mass is 10.1. The second-order valence-electron chi connectivity index (χ2n) is 5.26. The molecule has 0 spiro atoms. The zero-order chi connectivity index (χ0) is 16.3. The molecule has 2 rings (SSSR count). The minimum absolute atomic E-state index is 0.0580. The summed E-state index contributed by atoms with van der Waals surface area (Å²) in [6.45, 7) is 0.732. The molecule has 0 aliphatic rings. The highest BCUT2D eigenvalue weighted by molar-refractivity contribution is 5.77. The van der Waals surface area contributed by atoms with Crippen molar-refractivity contribution in [1.82, 2.24) is 5.32 Å². The molecule has 1 N–H and O–H groups in total. The summed E-state index contributed by atoms with van der Waals surface area (Å²) in [7, 11) is 1.67. The van der Waals surface area contributed by atoms with Crippen LogP contribution in [-0.2, 0) is 11.2 Å². The summed E-state index contributed by atoms with van der Waals surface area (Å²) in [4.78, 5) is 11.7. The lowest BCUT2D eigenvalue weighted by Crippen LogP contribution is -2.29. The highest BCUT2D eigenvalue weighted by Gasteiger charge is 2.02. The summed E-state index contributed by atoms with van der Waals surface area (Å²) >= 11 is 0. The zero-order valence-electron chi connectivity index (χ0n) is 13.5. The summed E-state index contributed by atoms with van der Waals surface area (Å²) in [5, 5.41) is 2.87. The van der Waals surface area contributed by atoms with Gasteiger partial charge in [0.2, 0.25) is 0 Å². The molecule has 4 nitrogen and oxygen atoms in total. The van der Waals surface area contributed by atoms with E-state index in [0.29, 0.717) is 12.3 Å². The number of hydrogen-bond acceptors (Lipinski definition) is 3. The van der Waals surface area contributed by atoms with Crippen LogP contribution in [-0.4, -0.2) is 26.2 Å². The van der Waals surface area contributed by atoms with Crippen molar-refractivity contribution in [3.8, 4) is 11.5 Å². The Bertz CT molecular complexity index is 581. The van der Waals surface area contributed by atoms with Crippen LogP contribution in [0.3, 0.4) is 0 Å². The summed E-state index contributed by atoms with van der Waals surface area (Å²) in [5.74, 6) is 1.50. The van der Waals surface area contributed by atoms with Gasteiger partial charge < -0.3 is 14.8 Å². The Kier molecular flexibility index (Phi) is 6.98. The van der Waals surface area contributed by atoms with Gasteiger partial charge in [-0.3, -0.25) is 4.79 Å². The number of ether oxygens (including phenoxy) is 2. The lowest BCUT2D eigenvalue weighted by Gasteiger charge is -2.07. The van der Waals surface area contributed by atoms with E-state index in [1.54, 1.807) is 7.11 Å². The monoisotopic (exact) mass is 313 g/mol. The number of methoxy groups -OCH3 is 1. The summed E-state index contributed by atoms with van der Waals surface area (Å²) in [5.41, 5.74) is 1.28. The van der Waals surface area contributed by atoms with E-state index in [1.165, 1.54) is 5.56 Å². The Labute approximate surface area is 137 Å². The fraction of sp³-hybridized carbons (Fsp3) is 0.316. The number of aryl methyl sites for hydroxylation is 1. The minimum atomic E-state index is -0.0849. The van der Waals surface area contributed by atoms with Crippen molar-refractivity contribution in [1.29, 1.82) is 0 Å². The van der Waals surface area contributed by atoms with Crippen LogP contribution in [0, 0.1) is 0 Å². The molecule has 1 amide bonds. The van der Waals surface area contributed by atoms with Gasteiger partial charge >= 0.3 is 0 Å². The third-order valence-electron chi connectivity index (χ3n) is 3.49. The first kappa shape index (κ1) is 16.9. The largest absolute Gasteiger partial charge is 0.497 e. The van der Waals surface area contributed by atoms with Gasteiger partial charge in [0.15, 0.2) is 6.61 Å². The van der Waals surface area contributed by atoms with E-state index in [1.807, 2.05) is 42.5 Å². The van der Waals surface area contributed by atoms with Crippen molar-refractivity contribution in [2.45, 2.75) is 19.3 Å². The van der Waals surface area contributed by atoms with E-state index >= 15 is 0 Å². The van der Waals surface area contributed by atoms with Gasteiger partial charge in [0.05, 0.1) is 7.11 Å². The van der Waals surface area contributed by atoms with E-state index < -0.39 is 0 Å². The molecule has 0 fully saturated rings. The van der Waals surface area contributed by atoms with Crippen LogP contribution in [0.5, 0.6) is 11.5 Å². The molecular formula is C19H23NO3. The summed E-state index contributed by atoms with van der Waals surface area (Å²) in [6.07, 6.45) is 2.98. The molecule has 0 heterocycles. The molecule has 0 aliphatic carbocycles. The van der Waals surface area contributed by atoms with Gasteiger partial charge in [-0.2, -0.15) is 0 Å². The number of para-hydroxylation sites is 1. The number of unbranched alkanes of at least 4 members (excludes halogenated alkanes) is 1. The molecule has 2 aromatic rings. The highest BCUT2D eigenvalue weighted by Crippen LogP contribution is 2.13. The van der Waals surface area contributed by atoms with Crippen LogP contribution in [0.4, 0.5) is 0 Å². The van der Waals surface area contributed by atoms with E-state index in [4.69, 9.17) is 9.47 Å². The average molecular weight is 313 g/mol. The number of carbonyl (C=O) groups is 1. The van der Waals surface area contributed by atoms with Gasteiger partial charge in [0.25, 0.3) is 5.91 Å². The first-order valence-corrected chi connectivity index (χ1v) is 7.85. The number of carbonyl (C=O) groups excluding carboxylic acids is 1. The smallest absolute Gasteiger partial charge is 0.257 e. The molecule has 0 aromatic heterocycles. The molecule has 0 aliphatic heterocycles. The molecule has 0 saturated heterocycles. The number of benzene rings is 2. The van der Waals surface area contributed by atoms with Gasteiger partial charge in [-0.05, 0) is 49.1 Å². The van der Waals surface area contributed by atoms with Crippen LogP contribution < -0.4 is 14.8 Å². The molecule has 122 valence electrons. The molecule has 0 radical (unpaired) electrons. The molecule has 0 unspecified atom stereocenters. The van der Waals surface area contributed by atoms with Crippen molar-refractivity contribution in [2.24, 2.45) is 0 Å². The Hall–Kier alpha value is -2.49. The van der Waals surface area contributed by atoms with Crippen LogP contribution in [0.15, 0.2) is 54.6 Å². The van der Waals surface area contributed by atoms with Crippen LogP contribution >= 0.6 is 0 Å². The summed E-state index contributed by atoms with van der Waals surface area (Å²) in [6, 6.07) is 17.4. The highest BCUT2D eigenvalue weighted by atomic mass is 16.5. The number of amides is 1. The molecule has 0 saturated carbocycles. The third kappa shape index (κ3) is 6.43. The number of rotatable bonds is 9. The minimum Gasteiger partial charge on any atom is -0.497 e. The first-order valence-electron chi connectivity index (χ1n) is 7.85. The molecular weight excluding hydrogens is 290 g/mol.